The lowest BCUT2D eigenvalue weighted by Gasteiger charge is -2.13. The third kappa shape index (κ3) is 3.30. The molecule has 0 bridgehead atoms. The lowest BCUT2D eigenvalue weighted by atomic mass is 10.0. The first-order valence-corrected chi connectivity index (χ1v) is 6.44. The molecule has 0 aliphatic rings. The number of para-hydroxylation sites is 1. The Morgan fingerprint density at radius 3 is 2.37 bits per heavy atom. The molecule has 0 aliphatic carbocycles. The molecule has 0 spiro atoms. The van der Waals surface area contributed by atoms with Crippen LogP contribution in [0.4, 0.5) is 8.78 Å². The Morgan fingerprint density at radius 2 is 1.79 bits per heavy atom. The van der Waals surface area contributed by atoms with Gasteiger partial charge in [0, 0.05) is 12.1 Å². The van der Waals surface area contributed by atoms with Crippen molar-refractivity contribution >= 4 is 15.9 Å². The molecular formula is C14H12BrF2NO. The van der Waals surface area contributed by atoms with Crippen LogP contribution in [0, 0.1) is 0 Å². The fourth-order valence-corrected chi connectivity index (χ4v) is 2.23. The molecule has 0 saturated carbocycles. The molecule has 2 nitrogen and oxygen atoms in total. The fourth-order valence-electron chi connectivity index (χ4n) is 1.77. The molecule has 0 atom stereocenters. The van der Waals surface area contributed by atoms with Crippen LogP contribution >= 0.6 is 15.9 Å². The predicted octanol–water partition coefficient (Wildman–Crippen LogP) is 4.18. The average molecular weight is 328 g/mol. The van der Waals surface area contributed by atoms with E-state index in [1.54, 1.807) is 18.2 Å². The zero-order chi connectivity index (χ0) is 13.8. The SMILES string of the molecule is NCc1ccc(-c2cccc(Br)c2OC(F)F)cc1. The normalized spacial score (nSPS) is 10.8. The summed E-state index contributed by atoms with van der Waals surface area (Å²) in [6.45, 7) is -2.42. The van der Waals surface area contributed by atoms with Gasteiger partial charge in [-0.05, 0) is 33.1 Å². The molecule has 2 rings (SSSR count). The number of alkyl halides is 2. The van der Waals surface area contributed by atoms with Gasteiger partial charge in [0.05, 0.1) is 4.47 Å². The largest absolute Gasteiger partial charge is 0.433 e. The van der Waals surface area contributed by atoms with Crippen molar-refractivity contribution in [1.29, 1.82) is 0 Å². The first kappa shape index (κ1) is 14.0. The number of benzene rings is 2. The van der Waals surface area contributed by atoms with Crippen LogP contribution in [0.25, 0.3) is 11.1 Å². The summed E-state index contributed by atoms with van der Waals surface area (Å²) < 4.78 is 30.0. The minimum absolute atomic E-state index is 0.137. The molecule has 0 fully saturated rings. The van der Waals surface area contributed by atoms with Crippen molar-refractivity contribution in [3.63, 3.8) is 0 Å². The second kappa shape index (κ2) is 6.12. The highest BCUT2D eigenvalue weighted by molar-refractivity contribution is 9.10. The smallest absolute Gasteiger partial charge is 0.387 e. The topological polar surface area (TPSA) is 35.2 Å². The van der Waals surface area contributed by atoms with Crippen LogP contribution in [0.2, 0.25) is 0 Å². The maximum atomic E-state index is 12.5. The monoisotopic (exact) mass is 327 g/mol. The molecule has 2 aromatic carbocycles. The van der Waals surface area contributed by atoms with Gasteiger partial charge in [-0.3, -0.25) is 0 Å². The van der Waals surface area contributed by atoms with Crippen molar-refractivity contribution in [3.05, 3.63) is 52.5 Å². The molecule has 0 heterocycles. The average Bonchev–Trinajstić information content (AvgIpc) is 2.41. The standard InChI is InChI=1S/C14H12BrF2NO/c15-12-3-1-2-11(13(12)19-14(16)17)10-6-4-9(8-18)5-7-10/h1-7,14H,8,18H2. The third-order valence-corrected chi connectivity index (χ3v) is 3.30. The van der Waals surface area contributed by atoms with Gasteiger partial charge in [0.2, 0.25) is 0 Å². The molecule has 0 aliphatic heterocycles. The molecule has 0 amide bonds. The van der Waals surface area contributed by atoms with E-state index < -0.39 is 6.61 Å². The van der Waals surface area contributed by atoms with Crippen molar-refractivity contribution in [3.8, 4) is 16.9 Å². The molecule has 2 N–H and O–H groups in total. The van der Waals surface area contributed by atoms with Gasteiger partial charge in [-0.2, -0.15) is 8.78 Å². The van der Waals surface area contributed by atoms with Crippen LogP contribution in [-0.4, -0.2) is 6.61 Å². The van der Waals surface area contributed by atoms with Gasteiger partial charge in [0.15, 0.2) is 0 Å². The summed E-state index contributed by atoms with van der Waals surface area (Å²) in [6.07, 6.45) is 0. The number of nitrogens with two attached hydrogens (primary N) is 1. The van der Waals surface area contributed by atoms with E-state index in [9.17, 15) is 8.78 Å². The summed E-state index contributed by atoms with van der Waals surface area (Å²) in [4.78, 5) is 0. The van der Waals surface area contributed by atoms with Crippen LogP contribution < -0.4 is 10.5 Å². The Balaban J connectivity index is 2.45. The van der Waals surface area contributed by atoms with Gasteiger partial charge in [0.25, 0.3) is 0 Å². The zero-order valence-electron chi connectivity index (χ0n) is 9.95. The summed E-state index contributed by atoms with van der Waals surface area (Å²) >= 11 is 3.22. The number of hydrogen-bond acceptors (Lipinski definition) is 2. The molecule has 2 aromatic rings. The highest BCUT2D eigenvalue weighted by atomic mass is 79.9. The lowest BCUT2D eigenvalue weighted by molar-refractivity contribution is -0.0499. The Labute approximate surface area is 118 Å². The van der Waals surface area contributed by atoms with Gasteiger partial charge in [-0.15, -0.1) is 0 Å². The molecule has 0 radical (unpaired) electrons. The molecule has 19 heavy (non-hydrogen) atoms. The first-order chi connectivity index (χ1) is 9.11. The van der Waals surface area contributed by atoms with Gasteiger partial charge in [0.1, 0.15) is 5.75 Å². The first-order valence-electron chi connectivity index (χ1n) is 5.64. The number of rotatable bonds is 4. The Kier molecular flexibility index (Phi) is 4.50. The van der Waals surface area contributed by atoms with Gasteiger partial charge in [-0.1, -0.05) is 36.4 Å². The summed E-state index contributed by atoms with van der Waals surface area (Å²) in [5.74, 6) is 0.137. The molecule has 100 valence electrons. The highest BCUT2D eigenvalue weighted by Gasteiger charge is 2.14. The fraction of sp³-hybridized carbons (Fsp3) is 0.143. The van der Waals surface area contributed by atoms with Gasteiger partial charge in [-0.25, -0.2) is 0 Å². The van der Waals surface area contributed by atoms with Crippen molar-refractivity contribution in [2.75, 3.05) is 0 Å². The summed E-state index contributed by atoms with van der Waals surface area (Å²) in [7, 11) is 0. The van der Waals surface area contributed by atoms with Crippen LogP contribution in [-0.2, 0) is 6.54 Å². The molecule has 0 aromatic heterocycles. The third-order valence-electron chi connectivity index (χ3n) is 2.67. The Hall–Kier alpha value is -1.46. The molecule has 5 heteroatoms. The maximum absolute atomic E-state index is 12.5. The van der Waals surface area contributed by atoms with Crippen LogP contribution in [0.1, 0.15) is 5.56 Å². The minimum Gasteiger partial charge on any atom is -0.433 e. The van der Waals surface area contributed by atoms with E-state index in [0.29, 0.717) is 16.6 Å². The van der Waals surface area contributed by atoms with E-state index in [-0.39, 0.29) is 5.75 Å². The van der Waals surface area contributed by atoms with Gasteiger partial charge < -0.3 is 10.5 Å². The van der Waals surface area contributed by atoms with E-state index in [2.05, 4.69) is 20.7 Å². The van der Waals surface area contributed by atoms with Crippen molar-refractivity contribution < 1.29 is 13.5 Å². The zero-order valence-corrected chi connectivity index (χ0v) is 11.5. The van der Waals surface area contributed by atoms with Gasteiger partial charge >= 0.3 is 6.61 Å². The minimum atomic E-state index is -2.86. The number of halogens is 3. The summed E-state index contributed by atoms with van der Waals surface area (Å²) in [5.41, 5.74) is 7.92. The molecule has 0 unspecified atom stereocenters. The van der Waals surface area contributed by atoms with Crippen LogP contribution in [0.5, 0.6) is 5.75 Å². The second-order valence-electron chi connectivity index (χ2n) is 3.90. The Morgan fingerprint density at radius 1 is 1.11 bits per heavy atom. The van der Waals surface area contributed by atoms with E-state index >= 15 is 0 Å². The van der Waals surface area contributed by atoms with E-state index in [1.165, 1.54) is 0 Å². The highest BCUT2D eigenvalue weighted by Crippen LogP contribution is 2.37. The molecule has 0 saturated heterocycles. The van der Waals surface area contributed by atoms with Crippen molar-refractivity contribution in [2.45, 2.75) is 13.2 Å². The number of ether oxygens (including phenoxy) is 1. The summed E-state index contributed by atoms with van der Waals surface area (Å²) in [5, 5.41) is 0. The second-order valence-corrected chi connectivity index (χ2v) is 4.75. The quantitative estimate of drug-likeness (QED) is 0.914. The van der Waals surface area contributed by atoms with E-state index in [4.69, 9.17) is 5.73 Å². The van der Waals surface area contributed by atoms with Crippen LogP contribution in [0.15, 0.2) is 46.9 Å². The summed E-state index contributed by atoms with van der Waals surface area (Å²) in [6, 6.07) is 12.6. The van der Waals surface area contributed by atoms with Crippen molar-refractivity contribution in [1.82, 2.24) is 0 Å². The van der Waals surface area contributed by atoms with Crippen LogP contribution in [0.3, 0.4) is 0 Å². The maximum Gasteiger partial charge on any atom is 0.387 e. The Bertz CT molecular complexity index is 558. The predicted molar refractivity (Wildman–Crippen MR) is 74.1 cm³/mol. The molecular weight excluding hydrogens is 316 g/mol. The lowest BCUT2D eigenvalue weighted by Crippen LogP contribution is -2.04. The van der Waals surface area contributed by atoms with Crippen molar-refractivity contribution in [2.24, 2.45) is 5.73 Å². The van der Waals surface area contributed by atoms with E-state index in [1.807, 2.05) is 24.3 Å². The number of hydrogen-bond donors (Lipinski definition) is 1. The van der Waals surface area contributed by atoms with E-state index in [0.717, 1.165) is 11.1 Å².